The summed E-state index contributed by atoms with van der Waals surface area (Å²) in [6.45, 7) is 3.98. The maximum atomic E-state index is 13.8. The van der Waals surface area contributed by atoms with Crippen LogP contribution in [0.25, 0.3) is 10.9 Å². The molecule has 2 aliphatic heterocycles. The van der Waals surface area contributed by atoms with E-state index in [-0.39, 0.29) is 11.8 Å². The number of H-pyrrole nitrogens is 1. The van der Waals surface area contributed by atoms with E-state index in [9.17, 15) is 9.59 Å². The lowest BCUT2D eigenvalue weighted by atomic mass is 9.89. The van der Waals surface area contributed by atoms with E-state index >= 15 is 0 Å². The molecule has 2 saturated heterocycles. The first-order chi connectivity index (χ1) is 16.0. The van der Waals surface area contributed by atoms with Gasteiger partial charge >= 0.3 is 0 Å². The molecular formula is C27H23N3O3. The van der Waals surface area contributed by atoms with Crippen molar-refractivity contribution in [2.45, 2.75) is 26.0 Å². The number of carbonyl (C=O) groups excluding carboxylic acids is 2. The molecule has 6 nitrogen and oxygen atoms in total. The van der Waals surface area contributed by atoms with Crippen LogP contribution in [0.3, 0.4) is 0 Å². The van der Waals surface area contributed by atoms with Crippen molar-refractivity contribution in [3.63, 3.8) is 0 Å². The van der Waals surface area contributed by atoms with Crippen LogP contribution < -0.4 is 9.96 Å². The maximum absolute atomic E-state index is 13.8. The van der Waals surface area contributed by atoms with Crippen molar-refractivity contribution >= 4 is 34.1 Å². The van der Waals surface area contributed by atoms with Gasteiger partial charge in [-0.25, -0.2) is 9.96 Å². The van der Waals surface area contributed by atoms with Crippen LogP contribution in [0.5, 0.6) is 0 Å². The number of hydroxylamine groups is 1. The number of imide groups is 1. The van der Waals surface area contributed by atoms with E-state index in [1.165, 1.54) is 4.90 Å². The first-order valence-electron chi connectivity index (χ1n) is 11.1. The summed E-state index contributed by atoms with van der Waals surface area (Å²) in [4.78, 5) is 38.3. The molecular weight excluding hydrogens is 414 g/mol. The van der Waals surface area contributed by atoms with Gasteiger partial charge < -0.3 is 4.98 Å². The third kappa shape index (κ3) is 2.91. The molecule has 0 saturated carbocycles. The van der Waals surface area contributed by atoms with E-state index in [2.05, 4.69) is 4.98 Å². The van der Waals surface area contributed by atoms with Gasteiger partial charge in [-0.2, -0.15) is 0 Å². The molecule has 2 fully saturated rings. The Kier molecular flexibility index (Phi) is 4.38. The molecule has 2 amide bonds. The van der Waals surface area contributed by atoms with Gasteiger partial charge in [0.15, 0.2) is 6.10 Å². The minimum absolute atomic E-state index is 0.234. The SMILES string of the molecule is Cc1ccc(N2C(=O)[C@@H]3[C@@H](c4c(C)[nH]c5ccccc45)N(c4ccccc4)O[C@H]3C2=O)cc1. The Hall–Kier alpha value is -3.90. The van der Waals surface area contributed by atoms with E-state index in [0.717, 1.165) is 33.4 Å². The maximum Gasteiger partial charge on any atom is 0.266 e. The number of nitrogens with zero attached hydrogens (tertiary/aromatic N) is 2. The van der Waals surface area contributed by atoms with Crippen LogP contribution in [0.1, 0.15) is 22.9 Å². The molecule has 33 heavy (non-hydrogen) atoms. The standard InChI is InChI=1S/C27H23N3O3/c1-16-12-14-18(15-13-16)29-26(31)23-24(22-17(2)28-21-11-7-6-10-20(21)22)30(33-25(23)27(29)32)19-8-4-3-5-9-19/h3-15,23-25,28H,1-2H3/t23-,24-,25-/m1/s1. The lowest BCUT2D eigenvalue weighted by molar-refractivity contribution is -0.126. The molecule has 3 aromatic carbocycles. The average molecular weight is 437 g/mol. The van der Waals surface area contributed by atoms with Gasteiger partial charge in [0, 0.05) is 22.2 Å². The van der Waals surface area contributed by atoms with Crippen LogP contribution in [0.2, 0.25) is 0 Å². The van der Waals surface area contributed by atoms with E-state index in [1.54, 1.807) is 5.06 Å². The Morgan fingerprint density at radius 1 is 0.788 bits per heavy atom. The number of hydrogen-bond donors (Lipinski definition) is 1. The summed E-state index contributed by atoms with van der Waals surface area (Å²) in [7, 11) is 0. The molecule has 0 radical (unpaired) electrons. The monoisotopic (exact) mass is 437 g/mol. The van der Waals surface area contributed by atoms with Crippen molar-refractivity contribution in [2.75, 3.05) is 9.96 Å². The molecule has 4 aromatic rings. The van der Waals surface area contributed by atoms with Crippen molar-refractivity contribution in [1.82, 2.24) is 4.98 Å². The molecule has 1 N–H and O–H groups in total. The Balaban J connectivity index is 1.51. The fourth-order valence-electron chi connectivity index (χ4n) is 5.13. The van der Waals surface area contributed by atoms with Crippen LogP contribution in [0, 0.1) is 19.8 Å². The minimum Gasteiger partial charge on any atom is -0.358 e. The van der Waals surface area contributed by atoms with Gasteiger partial charge in [-0.3, -0.25) is 14.4 Å². The number of anilines is 2. The average Bonchev–Trinajstić information content (AvgIpc) is 3.44. The second-order valence-electron chi connectivity index (χ2n) is 8.71. The normalized spacial score (nSPS) is 22.4. The molecule has 3 heterocycles. The highest BCUT2D eigenvalue weighted by molar-refractivity contribution is 6.24. The fraction of sp³-hybridized carbons (Fsp3) is 0.185. The summed E-state index contributed by atoms with van der Waals surface area (Å²) in [6.07, 6.45) is -0.878. The predicted octanol–water partition coefficient (Wildman–Crippen LogP) is 4.84. The number of rotatable bonds is 3. The predicted molar refractivity (Wildman–Crippen MR) is 127 cm³/mol. The molecule has 1 aromatic heterocycles. The number of nitrogens with one attached hydrogen (secondary N) is 1. The molecule has 3 atom stereocenters. The van der Waals surface area contributed by atoms with Crippen molar-refractivity contribution in [3.8, 4) is 0 Å². The van der Waals surface area contributed by atoms with Crippen molar-refractivity contribution in [3.05, 3.63) is 95.7 Å². The fourth-order valence-corrected chi connectivity index (χ4v) is 5.13. The summed E-state index contributed by atoms with van der Waals surface area (Å²) in [5, 5.41) is 2.78. The van der Waals surface area contributed by atoms with Gasteiger partial charge in [0.2, 0.25) is 5.91 Å². The van der Waals surface area contributed by atoms with Crippen LogP contribution in [0.15, 0.2) is 78.9 Å². The Bertz CT molecular complexity index is 1380. The van der Waals surface area contributed by atoms with Gasteiger partial charge in [-0.15, -0.1) is 0 Å². The highest BCUT2D eigenvalue weighted by atomic mass is 16.7. The lowest BCUT2D eigenvalue weighted by Gasteiger charge is -2.29. The number of aromatic amines is 1. The van der Waals surface area contributed by atoms with Gasteiger partial charge in [0.25, 0.3) is 5.91 Å². The lowest BCUT2D eigenvalue weighted by Crippen LogP contribution is -2.37. The summed E-state index contributed by atoms with van der Waals surface area (Å²) >= 11 is 0. The molecule has 0 aliphatic carbocycles. The summed E-state index contributed by atoms with van der Waals surface area (Å²) in [6, 6.07) is 24.7. The molecule has 6 rings (SSSR count). The van der Waals surface area contributed by atoms with Crippen molar-refractivity contribution in [1.29, 1.82) is 0 Å². The number of aryl methyl sites for hydroxylation is 2. The van der Waals surface area contributed by atoms with Gasteiger partial charge in [-0.1, -0.05) is 54.1 Å². The van der Waals surface area contributed by atoms with Gasteiger partial charge in [-0.05, 0) is 44.2 Å². The van der Waals surface area contributed by atoms with Crippen LogP contribution in [0.4, 0.5) is 11.4 Å². The second kappa shape index (κ2) is 7.32. The number of aromatic nitrogens is 1. The smallest absolute Gasteiger partial charge is 0.266 e. The third-order valence-electron chi connectivity index (χ3n) is 6.66. The van der Waals surface area contributed by atoms with E-state index in [4.69, 9.17) is 4.84 Å². The number of benzene rings is 3. The number of hydrogen-bond acceptors (Lipinski definition) is 4. The van der Waals surface area contributed by atoms with Gasteiger partial charge in [0.05, 0.1) is 17.4 Å². The summed E-state index contributed by atoms with van der Waals surface area (Å²) in [5.74, 6) is -1.21. The Morgan fingerprint density at radius 2 is 1.48 bits per heavy atom. The van der Waals surface area contributed by atoms with Crippen LogP contribution in [-0.4, -0.2) is 22.9 Å². The zero-order valence-corrected chi connectivity index (χ0v) is 18.4. The first-order valence-corrected chi connectivity index (χ1v) is 11.1. The summed E-state index contributed by atoms with van der Waals surface area (Å²) < 4.78 is 0. The second-order valence-corrected chi connectivity index (χ2v) is 8.71. The molecule has 6 heteroatoms. The van der Waals surface area contributed by atoms with E-state index < -0.39 is 18.1 Å². The van der Waals surface area contributed by atoms with Gasteiger partial charge in [0.1, 0.15) is 5.92 Å². The molecule has 0 bridgehead atoms. The minimum atomic E-state index is -0.878. The molecule has 164 valence electrons. The highest BCUT2D eigenvalue weighted by Crippen LogP contribution is 2.49. The number of para-hydroxylation sites is 2. The largest absolute Gasteiger partial charge is 0.358 e. The summed E-state index contributed by atoms with van der Waals surface area (Å²) in [5.41, 5.74) is 5.39. The first kappa shape index (κ1) is 19.8. The zero-order chi connectivity index (χ0) is 22.7. The number of fused-ring (bicyclic) bond motifs is 2. The van der Waals surface area contributed by atoms with E-state index in [1.807, 2.05) is 92.7 Å². The van der Waals surface area contributed by atoms with Crippen LogP contribution in [-0.2, 0) is 14.4 Å². The zero-order valence-electron chi connectivity index (χ0n) is 18.4. The van der Waals surface area contributed by atoms with E-state index in [0.29, 0.717) is 5.69 Å². The third-order valence-corrected chi connectivity index (χ3v) is 6.66. The number of amides is 2. The van der Waals surface area contributed by atoms with Crippen LogP contribution >= 0.6 is 0 Å². The highest BCUT2D eigenvalue weighted by Gasteiger charge is 2.60. The molecule has 0 unspecified atom stereocenters. The quantitative estimate of drug-likeness (QED) is 0.466. The van der Waals surface area contributed by atoms with Crippen molar-refractivity contribution in [2.24, 2.45) is 5.92 Å². The Labute approximate surface area is 191 Å². The van der Waals surface area contributed by atoms with Crippen molar-refractivity contribution < 1.29 is 14.4 Å². The molecule has 0 spiro atoms. The molecule has 2 aliphatic rings. The number of carbonyl (C=O) groups is 2. The Morgan fingerprint density at radius 3 is 2.24 bits per heavy atom. The topological polar surface area (TPSA) is 65.6 Å².